The molecule has 21 heavy (non-hydrogen) atoms. The monoisotopic (exact) mass is 338 g/mol. The van der Waals surface area contributed by atoms with E-state index < -0.39 is 17.4 Å². The molecule has 0 spiro atoms. The van der Waals surface area contributed by atoms with Crippen LogP contribution in [0.3, 0.4) is 0 Å². The Labute approximate surface area is 137 Å². The highest BCUT2D eigenvalue weighted by atomic mass is 32.1. The van der Waals surface area contributed by atoms with Crippen LogP contribution in [0.2, 0.25) is 0 Å². The van der Waals surface area contributed by atoms with E-state index in [1.807, 2.05) is 0 Å². The summed E-state index contributed by atoms with van der Waals surface area (Å²) in [7, 11) is 0. The van der Waals surface area contributed by atoms with E-state index in [1.165, 1.54) is 0 Å². The highest BCUT2D eigenvalue weighted by Crippen LogP contribution is 2.22. The van der Waals surface area contributed by atoms with Gasteiger partial charge in [0.1, 0.15) is 6.10 Å². The molecule has 0 aromatic carbocycles. The minimum atomic E-state index is -1.22. The summed E-state index contributed by atoms with van der Waals surface area (Å²) in [5.74, 6) is -0.114. The first-order valence-corrected chi connectivity index (χ1v) is 7.98. The molecule has 2 atom stereocenters. The van der Waals surface area contributed by atoms with Crippen molar-refractivity contribution in [3.63, 3.8) is 0 Å². The van der Waals surface area contributed by atoms with Crippen LogP contribution in [0.1, 0.15) is 27.2 Å². The zero-order chi connectivity index (χ0) is 16.5. The quantitative estimate of drug-likeness (QED) is 0.291. The van der Waals surface area contributed by atoms with Gasteiger partial charge in [0.25, 0.3) is 0 Å². The summed E-state index contributed by atoms with van der Waals surface area (Å²) in [4.78, 5) is 23.2. The lowest BCUT2D eigenvalue weighted by atomic mass is 9.87. The molecule has 3 N–H and O–H groups in total. The second-order valence-corrected chi connectivity index (χ2v) is 6.59. The van der Waals surface area contributed by atoms with Crippen molar-refractivity contribution in [3.05, 3.63) is 0 Å². The fourth-order valence-electron chi connectivity index (χ4n) is 1.45. The van der Waals surface area contributed by atoms with Gasteiger partial charge in [0.15, 0.2) is 0 Å². The number of thiol groups is 2. The Bertz CT molecular complexity index is 338. The Hall–Kier alpha value is -0.440. The van der Waals surface area contributed by atoms with Crippen LogP contribution < -0.4 is 10.6 Å². The van der Waals surface area contributed by atoms with E-state index in [0.29, 0.717) is 12.3 Å². The Balaban J connectivity index is 4.11. The Kier molecular flexibility index (Phi) is 10.1. The molecular weight excluding hydrogens is 312 g/mol. The first-order chi connectivity index (χ1) is 9.70. The number of hydrogen-bond donors (Lipinski definition) is 5. The van der Waals surface area contributed by atoms with Crippen LogP contribution in [0.25, 0.3) is 0 Å². The maximum Gasteiger partial charge on any atom is 0.249 e. The van der Waals surface area contributed by atoms with Crippen molar-refractivity contribution < 1.29 is 19.4 Å². The predicted molar refractivity (Wildman–Crippen MR) is 88.7 cm³/mol. The average Bonchev–Trinajstić information content (AvgIpc) is 2.42. The average molecular weight is 338 g/mol. The van der Waals surface area contributed by atoms with Gasteiger partial charge in [-0.05, 0) is 6.92 Å². The van der Waals surface area contributed by atoms with Crippen molar-refractivity contribution in [2.75, 3.05) is 25.4 Å². The van der Waals surface area contributed by atoms with Gasteiger partial charge in [-0.3, -0.25) is 9.59 Å². The molecule has 0 fully saturated rings. The number of nitrogens with one attached hydrogen (secondary N) is 2. The van der Waals surface area contributed by atoms with Gasteiger partial charge in [-0.25, -0.2) is 0 Å². The summed E-state index contributed by atoms with van der Waals surface area (Å²) in [5, 5.41) is 15.2. The molecular formula is C13H26N2O4S2. The summed E-state index contributed by atoms with van der Waals surface area (Å²) in [6.07, 6.45) is -1.05. The van der Waals surface area contributed by atoms with E-state index in [1.54, 1.807) is 20.8 Å². The molecule has 0 saturated carbocycles. The van der Waals surface area contributed by atoms with Crippen LogP contribution in [0.5, 0.6) is 0 Å². The van der Waals surface area contributed by atoms with Gasteiger partial charge in [-0.2, -0.15) is 12.6 Å². The van der Waals surface area contributed by atoms with Crippen LogP contribution in [0, 0.1) is 5.41 Å². The number of amides is 2. The number of aliphatic hydroxyl groups is 1. The second kappa shape index (κ2) is 10.3. The number of ether oxygens (including phenoxy) is 1. The fraction of sp³-hybridized carbons (Fsp3) is 0.846. The Morgan fingerprint density at radius 3 is 2.43 bits per heavy atom. The first kappa shape index (κ1) is 20.6. The SMILES string of the molecule is CC(S)OCC(C)(C)C(O)C(=O)NCCC(=O)NCCS. The molecule has 0 bridgehead atoms. The summed E-state index contributed by atoms with van der Waals surface area (Å²) in [6, 6.07) is 0. The Morgan fingerprint density at radius 2 is 1.90 bits per heavy atom. The molecule has 0 aliphatic heterocycles. The normalized spacial score (nSPS) is 14.4. The van der Waals surface area contributed by atoms with E-state index >= 15 is 0 Å². The second-order valence-electron chi connectivity index (χ2n) is 5.42. The molecule has 8 heteroatoms. The summed E-state index contributed by atoms with van der Waals surface area (Å²) in [5.41, 5.74) is -1.01. The highest BCUT2D eigenvalue weighted by molar-refractivity contribution is 7.80. The zero-order valence-electron chi connectivity index (χ0n) is 12.8. The van der Waals surface area contributed by atoms with Gasteiger partial charge in [-0.15, -0.1) is 12.6 Å². The third-order valence-corrected chi connectivity index (χ3v) is 3.14. The lowest BCUT2D eigenvalue weighted by molar-refractivity contribution is -0.138. The van der Waals surface area contributed by atoms with Crippen LogP contribution in [0.4, 0.5) is 0 Å². The van der Waals surface area contributed by atoms with Crippen molar-refractivity contribution in [2.24, 2.45) is 5.41 Å². The zero-order valence-corrected chi connectivity index (χ0v) is 14.5. The van der Waals surface area contributed by atoms with Crippen molar-refractivity contribution in [3.8, 4) is 0 Å². The predicted octanol–water partition coefficient (Wildman–Crippen LogP) is 0.218. The van der Waals surface area contributed by atoms with Gasteiger partial charge >= 0.3 is 0 Å². The smallest absolute Gasteiger partial charge is 0.249 e. The van der Waals surface area contributed by atoms with E-state index in [0.717, 1.165) is 0 Å². The van der Waals surface area contributed by atoms with Crippen molar-refractivity contribution >= 4 is 37.1 Å². The van der Waals surface area contributed by atoms with Gasteiger partial charge < -0.3 is 20.5 Å². The minimum Gasteiger partial charge on any atom is -0.383 e. The minimum absolute atomic E-state index is 0.162. The molecule has 0 heterocycles. The van der Waals surface area contributed by atoms with Crippen LogP contribution in [-0.4, -0.2) is 53.9 Å². The van der Waals surface area contributed by atoms with Crippen molar-refractivity contribution in [1.29, 1.82) is 0 Å². The summed E-state index contributed by atoms with van der Waals surface area (Å²) >= 11 is 8.06. The van der Waals surface area contributed by atoms with E-state index in [4.69, 9.17) is 4.74 Å². The third kappa shape index (κ3) is 9.23. The molecule has 124 valence electrons. The number of carbonyl (C=O) groups excluding carboxylic acids is 2. The molecule has 0 radical (unpaired) electrons. The van der Waals surface area contributed by atoms with Crippen LogP contribution >= 0.6 is 25.3 Å². The Morgan fingerprint density at radius 1 is 1.29 bits per heavy atom. The maximum atomic E-state index is 11.9. The highest BCUT2D eigenvalue weighted by Gasteiger charge is 2.34. The van der Waals surface area contributed by atoms with Gasteiger partial charge in [0, 0.05) is 30.7 Å². The first-order valence-electron chi connectivity index (χ1n) is 6.83. The molecule has 0 aliphatic carbocycles. The van der Waals surface area contributed by atoms with E-state index in [9.17, 15) is 14.7 Å². The summed E-state index contributed by atoms with van der Waals surface area (Å²) < 4.78 is 5.32. The van der Waals surface area contributed by atoms with Gasteiger partial charge in [0.2, 0.25) is 11.8 Å². The molecule has 2 amide bonds. The topological polar surface area (TPSA) is 87.7 Å². The lowest BCUT2D eigenvalue weighted by Crippen LogP contribution is -2.46. The number of carbonyl (C=O) groups is 2. The lowest BCUT2D eigenvalue weighted by Gasteiger charge is -2.29. The maximum absolute atomic E-state index is 11.9. The molecule has 0 saturated heterocycles. The van der Waals surface area contributed by atoms with Crippen molar-refractivity contribution in [1.82, 2.24) is 10.6 Å². The fourth-order valence-corrected chi connectivity index (χ4v) is 1.64. The van der Waals surface area contributed by atoms with Crippen LogP contribution in [-0.2, 0) is 14.3 Å². The molecule has 0 aromatic heterocycles. The van der Waals surface area contributed by atoms with E-state index in [-0.39, 0.29) is 30.9 Å². The molecule has 2 unspecified atom stereocenters. The molecule has 0 aromatic rings. The molecule has 0 aliphatic rings. The number of rotatable bonds is 10. The van der Waals surface area contributed by atoms with E-state index in [2.05, 4.69) is 35.9 Å². The van der Waals surface area contributed by atoms with Gasteiger partial charge in [0.05, 0.1) is 12.0 Å². The van der Waals surface area contributed by atoms with Crippen LogP contribution in [0.15, 0.2) is 0 Å². The standard InChI is InChI=1S/C13H26N2O4S2/c1-9(21)19-8-13(2,3)11(17)12(18)15-5-4-10(16)14-6-7-20/h9,11,17,20-21H,4-8H2,1-3H3,(H,14,16)(H,15,18). The third-order valence-electron chi connectivity index (χ3n) is 2.77. The molecule has 6 nitrogen and oxygen atoms in total. The van der Waals surface area contributed by atoms with Crippen molar-refractivity contribution in [2.45, 2.75) is 38.7 Å². The molecule has 0 rings (SSSR count). The van der Waals surface area contributed by atoms with Gasteiger partial charge in [-0.1, -0.05) is 13.8 Å². The number of aliphatic hydroxyl groups excluding tert-OH is 1. The summed E-state index contributed by atoms with van der Waals surface area (Å²) in [6.45, 7) is 6.09. The largest absolute Gasteiger partial charge is 0.383 e. The number of hydrogen-bond acceptors (Lipinski definition) is 6.